The van der Waals surface area contributed by atoms with Crippen LogP contribution in [0.1, 0.15) is 28.0 Å². The highest BCUT2D eigenvalue weighted by molar-refractivity contribution is 6.01. The van der Waals surface area contributed by atoms with Gasteiger partial charge in [0, 0.05) is 12.1 Å². The first-order chi connectivity index (χ1) is 17.7. The number of ether oxygens (including phenoxy) is 1. The van der Waals surface area contributed by atoms with Gasteiger partial charge in [-0.1, -0.05) is 30.3 Å². The summed E-state index contributed by atoms with van der Waals surface area (Å²) in [5, 5.41) is 11.3. The van der Waals surface area contributed by atoms with Crippen molar-refractivity contribution in [1.82, 2.24) is 20.6 Å². The third-order valence-corrected chi connectivity index (χ3v) is 5.90. The molecule has 1 aliphatic rings. The number of anilines is 2. The van der Waals surface area contributed by atoms with E-state index in [1.54, 1.807) is 6.07 Å². The minimum Gasteiger partial charge on any atom is -0.495 e. The van der Waals surface area contributed by atoms with Crippen molar-refractivity contribution in [2.24, 2.45) is 0 Å². The van der Waals surface area contributed by atoms with Gasteiger partial charge in [0.2, 0.25) is 0 Å². The summed E-state index contributed by atoms with van der Waals surface area (Å²) < 4.78 is 43.2. The Morgan fingerprint density at radius 2 is 1.86 bits per heavy atom. The van der Waals surface area contributed by atoms with E-state index >= 15 is 0 Å². The number of carbonyl (C=O) groups excluding carboxylic acids is 2. The Bertz CT molecular complexity index is 1250. The molecular weight excluding hydrogens is 489 g/mol. The number of methoxy groups -OCH3 is 1. The van der Waals surface area contributed by atoms with Crippen LogP contribution in [0.5, 0.6) is 5.75 Å². The molecule has 4 N–H and O–H groups in total. The van der Waals surface area contributed by atoms with Crippen LogP contribution in [0.2, 0.25) is 0 Å². The summed E-state index contributed by atoms with van der Waals surface area (Å²) in [5.41, 5.74) is 0.0968. The third kappa shape index (κ3) is 6.53. The zero-order valence-corrected chi connectivity index (χ0v) is 19.9. The second-order valence-electron chi connectivity index (χ2n) is 8.60. The van der Waals surface area contributed by atoms with E-state index in [0.29, 0.717) is 24.7 Å². The minimum atomic E-state index is -4.63. The summed E-state index contributed by atoms with van der Waals surface area (Å²) in [6.45, 7) is 1.43. The fourth-order valence-corrected chi connectivity index (χ4v) is 4.09. The molecule has 4 rings (SSSR count). The SMILES string of the molecule is COc1cc(C(=O)NC2(Cc3ccccc3)CCNC2)ccc1NC(=O)Nc1cnc(C(F)(F)F)cn1. The lowest BCUT2D eigenvalue weighted by Crippen LogP contribution is -2.51. The molecule has 2 heterocycles. The molecule has 1 saturated heterocycles. The highest BCUT2D eigenvalue weighted by atomic mass is 19.4. The average molecular weight is 515 g/mol. The number of nitrogens with zero attached hydrogens (tertiary/aromatic N) is 2. The van der Waals surface area contributed by atoms with E-state index in [9.17, 15) is 22.8 Å². The van der Waals surface area contributed by atoms with Gasteiger partial charge in [0.05, 0.1) is 30.7 Å². The van der Waals surface area contributed by atoms with Gasteiger partial charge in [-0.3, -0.25) is 10.1 Å². The summed E-state index contributed by atoms with van der Waals surface area (Å²) in [4.78, 5) is 32.3. The second-order valence-corrected chi connectivity index (χ2v) is 8.60. The molecule has 9 nitrogen and oxygen atoms in total. The third-order valence-electron chi connectivity index (χ3n) is 5.90. The predicted octanol–water partition coefficient (Wildman–Crippen LogP) is 3.85. The molecule has 0 radical (unpaired) electrons. The van der Waals surface area contributed by atoms with E-state index in [1.165, 1.54) is 19.2 Å². The number of urea groups is 1. The molecule has 37 heavy (non-hydrogen) atoms. The molecule has 0 saturated carbocycles. The van der Waals surface area contributed by atoms with Crippen molar-refractivity contribution in [3.63, 3.8) is 0 Å². The molecule has 1 atom stereocenters. The van der Waals surface area contributed by atoms with Crippen LogP contribution in [0.25, 0.3) is 0 Å². The van der Waals surface area contributed by atoms with Crippen LogP contribution in [-0.4, -0.2) is 47.6 Å². The number of nitrogens with one attached hydrogen (secondary N) is 4. The second kappa shape index (κ2) is 10.8. The van der Waals surface area contributed by atoms with Crippen LogP contribution in [0, 0.1) is 0 Å². The van der Waals surface area contributed by atoms with E-state index in [0.717, 1.165) is 24.7 Å². The van der Waals surface area contributed by atoms with Crippen molar-refractivity contribution in [3.05, 3.63) is 77.7 Å². The zero-order valence-electron chi connectivity index (χ0n) is 19.9. The molecule has 194 valence electrons. The van der Waals surface area contributed by atoms with E-state index in [4.69, 9.17) is 4.74 Å². The first kappa shape index (κ1) is 25.9. The van der Waals surface area contributed by atoms with Crippen molar-refractivity contribution in [2.45, 2.75) is 24.6 Å². The van der Waals surface area contributed by atoms with Gasteiger partial charge in [-0.05, 0) is 43.1 Å². The number of rotatable bonds is 7. The number of halogens is 3. The largest absolute Gasteiger partial charge is 0.495 e. The monoisotopic (exact) mass is 514 g/mol. The number of alkyl halides is 3. The highest BCUT2D eigenvalue weighted by Gasteiger charge is 2.36. The molecule has 0 aliphatic carbocycles. The van der Waals surface area contributed by atoms with Gasteiger partial charge in [-0.2, -0.15) is 13.2 Å². The maximum Gasteiger partial charge on any atom is 0.434 e. The Morgan fingerprint density at radius 1 is 1.08 bits per heavy atom. The summed E-state index contributed by atoms with van der Waals surface area (Å²) in [5.74, 6) is -0.230. The van der Waals surface area contributed by atoms with Gasteiger partial charge in [0.1, 0.15) is 5.75 Å². The molecule has 1 fully saturated rings. The van der Waals surface area contributed by atoms with Gasteiger partial charge in [0.25, 0.3) is 5.91 Å². The molecule has 3 amide bonds. The first-order valence-electron chi connectivity index (χ1n) is 11.4. The summed E-state index contributed by atoms with van der Waals surface area (Å²) in [6, 6.07) is 13.7. The molecule has 1 aromatic heterocycles. The summed E-state index contributed by atoms with van der Waals surface area (Å²) >= 11 is 0. The lowest BCUT2D eigenvalue weighted by molar-refractivity contribution is -0.141. The quantitative estimate of drug-likeness (QED) is 0.381. The van der Waals surface area contributed by atoms with Crippen molar-refractivity contribution >= 4 is 23.4 Å². The fraction of sp³-hybridized carbons (Fsp3) is 0.280. The number of aromatic nitrogens is 2. The molecule has 12 heteroatoms. The number of hydrogen-bond donors (Lipinski definition) is 4. The summed E-state index contributed by atoms with van der Waals surface area (Å²) in [6.07, 6.45) is -1.86. The lowest BCUT2D eigenvalue weighted by atomic mass is 9.89. The van der Waals surface area contributed by atoms with Gasteiger partial charge < -0.3 is 20.7 Å². The maximum absolute atomic E-state index is 13.1. The van der Waals surface area contributed by atoms with Gasteiger partial charge in [-0.25, -0.2) is 14.8 Å². The van der Waals surface area contributed by atoms with Crippen LogP contribution >= 0.6 is 0 Å². The topological polar surface area (TPSA) is 117 Å². The number of amides is 3. The molecule has 0 spiro atoms. The Morgan fingerprint density at radius 3 is 2.49 bits per heavy atom. The Hall–Kier alpha value is -4.19. The van der Waals surface area contributed by atoms with Gasteiger partial charge in [0.15, 0.2) is 11.5 Å². The molecule has 1 aliphatic heterocycles. The highest BCUT2D eigenvalue weighted by Crippen LogP contribution is 2.28. The van der Waals surface area contributed by atoms with Crippen LogP contribution in [0.4, 0.5) is 29.5 Å². The predicted molar refractivity (Wildman–Crippen MR) is 130 cm³/mol. The normalized spacial score (nSPS) is 17.2. The van der Waals surface area contributed by atoms with Crippen molar-refractivity contribution < 1.29 is 27.5 Å². The van der Waals surface area contributed by atoms with Crippen molar-refractivity contribution in [2.75, 3.05) is 30.8 Å². The van der Waals surface area contributed by atoms with E-state index in [1.807, 2.05) is 30.3 Å². The Labute approximate surface area is 210 Å². The average Bonchev–Trinajstić information content (AvgIpc) is 3.32. The molecule has 1 unspecified atom stereocenters. The van der Waals surface area contributed by atoms with E-state index < -0.39 is 23.4 Å². The standard InChI is InChI=1S/C25H25F3N6O3/c1-37-19-11-17(22(35)34-24(9-10-29-15-24)12-16-5-3-2-4-6-16)7-8-18(19)32-23(36)33-21-14-30-20(13-31-21)25(26,27)28/h2-8,11,13-14,29H,9-10,12,15H2,1H3,(H,34,35)(H2,31,32,33,36). The van der Waals surface area contributed by atoms with E-state index in [2.05, 4.69) is 31.2 Å². The minimum absolute atomic E-state index is 0.172. The smallest absolute Gasteiger partial charge is 0.434 e. The van der Waals surface area contributed by atoms with Crippen LogP contribution in [0.15, 0.2) is 60.9 Å². The van der Waals surface area contributed by atoms with Crippen LogP contribution in [0.3, 0.4) is 0 Å². The number of benzene rings is 2. The lowest BCUT2D eigenvalue weighted by Gasteiger charge is -2.30. The molecule has 2 aromatic carbocycles. The first-order valence-corrected chi connectivity index (χ1v) is 11.4. The zero-order chi connectivity index (χ0) is 26.5. The molecule has 0 bridgehead atoms. The van der Waals surface area contributed by atoms with Crippen molar-refractivity contribution in [3.8, 4) is 5.75 Å². The maximum atomic E-state index is 13.1. The van der Waals surface area contributed by atoms with Crippen LogP contribution in [-0.2, 0) is 12.6 Å². The Kier molecular flexibility index (Phi) is 7.58. The fourth-order valence-electron chi connectivity index (χ4n) is 4.09. The molecular formula is C25H25F3N6O3. The number of hydrogen-bond acceptors (Lipinski definition) is 6. The van der Waals surface area contributed by atoms with Crippen molar-refractivity contribution in [1.29, 1.82) is 0 Å². The van der Waals surface area contributed by atoms with Crippen LogP contribution < -0.4 is 26.0 Å². The summed E-state index contributed by atoms with van der Waals surface area (Å²) in [7, 11) is 1.39. The molecule has 3 aromatic rings. The van der Waals surface area contributed by atoms with Gasteiger partial charge in [-0.15, -0.1) is 0 Å². The van der Waals surface area contributed by atoms with Gasteiger partial charge >= 0.3 is 12.2 Å². The Balaban J connectivity index is 1.42. The number of carbonyl (C=O) groups is 2. The van der Waals surface area contributed by atoms with E-state index in [-0.39, 0.29) is 23.2 Å².